The van der Waals surface area contributed by atoms with Crippen molar-refractivity contribution in [1.29, 1.82) is 5.26 Å². The first kappa shape index (κ1) is 13.8. The lowest BCUT2D eigenvalue weighted by atomic mass is 10.0. The third kappa shape index (κ3) is 2.43. The summed E-state index contributed by atoms with van der Waals surface area (Å²) >= 11 is 0. The van der Waals surface area contributed by atoms with Crippen LogP contribution in [0.4, 0.5) is 0 Å². The maximum Gasteiger partial charge on any atom is 0.0902 e. The number of rotatable bonds is 0. The van der Waals surface area contributed by atoms with Crippen LogP contribution in [0.25, 0.3) is 16.8 Å². The van der Waals surface area contributed by atoms with Crippen molar-refractivity contribution in [3.63, 3.8) is 0 Å². The van der Waals surface area contributed by atoms with Gasteiger partial charge in [-0.25, -0.2) is 0 Å². The minimum Gasteiger partial charge on any atom is -0.197 e. The second kappa shape index (κ2) is 5.74. The average Bonchev–Trinajstić information content (AvgIpc) is 3.21. The Hall–Kier alpha value is -2.85. The molecule has 3 aromatic carbocycles. The van der Waals surface area contributed by atoms with Crippen LogP contribution in [0.2, 0.25) is 0 Å². The largest absolute Gasteiger partial charge is 0.197 e. The first-order valence-electron chi connectivity index (χ1n) is 8.03. The van der Waals surface area contributed by atoms with E-state index in [1.165, 1.54) is 40.3 Å². The predicted octanol–water partition coefficient (Wildman–Crippen LogP) is 5.26. The Bertz CT molecular complexity index is 905. The highest BCUT2D eigenvalue weighted by molar-refractivity contribution is 5.90. The molecule has 1 heteroatoms. The summed E-state index contributed by atoms with van der Waals surface area (Å²) < 4.78 is 0. The van der Waals surface area contributed by atoms with Gasteiger partial charge in [-0.1, -0.05) is 72.8 Å². The molecule has 110 valence electrons. The van der Waals surface area contributed by atoms with E-state index < -0.39 is 0 Å². The predicted molar refractivity (Wildman–Crippen MR) is 95.2 cm³/mol. The zero-order chi connectivity index (χ0) is 15.6. The molecular weight excluding hydrogens is 278 g/mol. The number of benzene rings is 3. The molecule has 0 heterocycles. The highest BCUT2D eigenvalue weighted by atomic mass is 14.3. The Labute approximate surface area is 136 Å². The molecule has 23 heavy (non-hydrogen) atoms. The van der Waals surface area contributed by atoms with Crippen LogP contribution in [0.15, 0.2) is 66.7 Å². The molecule has 2 aliphatic rings. The molecule has 0 spiro atoms. The van der Waals surface area contributed by atoms with E-state index in [0.717, 1.165) is 5.56 Å². The molecule has 1 nitrogen and oxygen atoms in total. The smallest absolute Gasteiger partial charge is 0.0902 e. The third-order valence-corrected chi connectivity index (χ3v) is 4.68. The number of hydrogen-bond acceptors (Lipinski definition) is 1. The van der Waals surface area contributed by atoms with E-state index >= 15 is 0 Å². The molecular formula is C22H17N. The lowest BCUT2D eigenvalue weighted by Crippen LogP contribution is -1.87. The average molecular weight is 295 g/mol. The summed E-state index contributed by atoms with van der Waals surface area (Å²) in [5, 5.41) is 11.6. The normalized spacial score (nSPS) is 16.6. The van der Waals surface area contributed by atoms with E-state index in [4.69, 9.17) is 5.26 Å². The minimum absolute atomic E-state index is 0.0220. The van der Waals surface area contributed by atoms with E-state index in [9.17, 15) is 0 Å². The summed E-state index contributed by atoms with van der Waals surface area (Å²) in [5.41, 5.74) is 5.38. The van der Waals surface area contributed by atoms with Crippen LogP contribution in [-0.2, 0) is 12.8 Å². The molecule has 5 rings (SSSR count). The van der Waals surface area contributed by atoms with Gasteiger partial charge >= 0.3 is 0 Å². The van der Waals surface area contributed by atoms with E-state index in [2.05, 4.69) is 42.5 Å². The summed E-state index contributed by atoms with van der Waals surface area (Å²) in [5.74, 6) is -0.0220. The van der Waals surface area contributed by atoms with Crippen molar-refractivity contribution >= 4 is 16.8 Å². The lowest BCUT2D eigenvalue weighted by molar-refractivity contribution is 1.02. The first-order chi connectivity index (χ1) is 11.4. The Morgan fingerprint density at radius 2 is 1.52 bits per heavy atom. The van der Waals surface area contributed by atoms with Crippen molar-refractivity contribution in [2.45, 2.75) is 18.8 Å². The molecule has 0 aromatic heterocycles. The molecule has 2 aliphatic carbocycles. The van der Waals surface area contributed by atoms with Gasteiger partial charge in [-0.3, -0.25) is 0 Å². The quantitative estimate of drug-likeness (QED) is 0.555. The van der Waals surface area contributed by atoms with Crippen molar-refractivity contribution in [2.24, 2.45) is 0 Å². The molecule has 0 fully saturated rings. The van der Waals surface area contributed by atoms with Gasteiger partial charge in [0.15, 0.2) is 0 Å². The van der Waals surface area contributed by atoms with Gasteiger partial charge in [0.2, 0.25) is 0 Å². The minimum atomic E-state index is -0.0220. The molecule has 0 bridgehead atoms. The summed E-state index contributed by atoms with van der Waals surface area (Å²) in [6.07, 6.45) is 6.40. The number of nitriles is 1. The number of nitrogens with zero attached hydrogens (tertiary/aromatic N) is 1. The van der Waals surface area contributed by atoms with Crippen LogP contribution in [0.5, 0.6) is 0 Å². The van der Waals surface area contributed by atoms with Gasteiger partial charge in [0, 0.05) is 0 Å². The molecule has 1 atom stereocenters. The van der Waals surface area contributed by atoms with E-state index in [1.54, 1.807) is 0 Å². The summed E-state index contributed by atoms with van der Waals surface area (Å²) in [6, 6.07) is 23.4. The van der Waals surface area contributed by atoms with Crippen LogP contribution in [0.3, 0.4) is 0 Å². The number of aryl methyl sites for hydroxylation is 2. The zero-order valence-electron chi connectivity index (χ0n) is 12.9. The van der Waals surface area contributed by atoms with Crippen molar-refractivity contribution in [2.75, 3.05) is 0 Å². The number of fused-ring (bicyclic) bond motifs is 1. The molecule has 0 radical (unpaired) electrons. The molecule has 3 aromatic rings. The SMILES string of the molecule is N#CC1C=Cc2ccccc21.c1cc2c3c(cccc3c1)CC2. The molecule has 0 saturated heterocycles. The van der Waals surface area contributed by atoms with Gasteiger partial charge in [0.1, 0.15) is 0 Å². The van der Waals surface area contributed by atoms with Gasteiger partial charge in [-0.2, -0.15) is 5.26 Å². The molecule has 0 amide bonds. The van der Waals surface area contributed by atoms with Crippen LogP contribution in [0, 0.1) is 11.3 Å². The summed E-state index contributed by atoms with van der Waals surface area (Å²) in [6.45, 7) is 0. The van der Waals surface area contributed by atoms with Gasteiger partial charge in [0.25, 0.3) is 0 Å². The molecule has 0 N–H and O–H groups in total. The summed E-state index contributed by atoms with van der Waals surface area (Å²) in [4.78, 5) is 0. The fourth-order valence-corrected chi connectivity index (χ4v) is 3.55. The second-order valence-electron chi connectivity index (χ2n) is 6.03. The van der Waals surface area contributed by atoms with E-state index in [0.29, 0.717) is 0 Å². The highest BCUT2D eigenvalue weighted by Crippen LogP contribution is 2.30. The summed E-state index contributed by atoms with van der Waals surface area (Å²) in [7, 11) is 0. The van der Waals surface area contributed by atoms with Gasteiger partial charge in [-0.05, 0) is 45.9 Å². The van der Waals surface area contributed by atoms with Crippen molar-refractivity contribution < 1.29 is 0 Å². The fraction of sp³-hybridized carbons (Fsp3) is 0.136. The van der Waals surface area contributed by atoms with Crippen molar-refractivity contribution in [3.8, 4) is 6.07 Å². The number of allylic oxidation sites excluding steroid dienone is 1. The van der Waals surface area contributed by atoms with Crippen LogP contribution < -0.4 is 0 Å². The zero-order valence-corrected chi connectivity index (χ0v) is 12.9. The Morgan fingerprint density at radius 1 is 0.826 bits per heavy atom. The van der Waals surface area contributed by atoms with E-state index in [-0.39, 0.29) is 5.92 Å². The first-order valence-corrected chi connectivity index (χ1v) is 8.03. The van der Waals surface area contributed by atoms with Crippen LogP contribution in [-0.4, -0.2) is 0 Å². The van der Waals surface area contributed by atoms with Crippen LogP contribution >= 0.6 is 0 Å². The van der Waals surface area contributed by atoms with Gasteiger partial charge in [-0.15, -0.1) is 0 Å². The molecule has 0 saturated carbocycles. The van der Waals surface area contributed by atoms with Gasteiger partial charge < -0.3 is 0 Å². The van der Waals surface area contributed by atoms with E-state index in [1.807, 2.05) is 36.4 Å². The molecule has 0 aliphatic heterocycles. The highest BCUT2D eigenvalue weighted by Gasteiger charge is 2.14. The van der Waals surface area contributed by atoms with Gasteiger partial charge in [0.05, 0.1) is 12.0 Å². The Morgan fingerprint density at radius 3 is 2.22 bits per heavy atom. The lowest BCUT2D eigenvalue weighted by Gasteiger charge is -1.99. The fourth-order valence-electron chi connectivity index (χ4n) is 3.55. The van der Waals surface area contributed by atoms with Crippen LogP contribution in [0.1, 0.15) is 28.2 Å². The Kier molecular flexibility index (Phi) is 3.44. The van der Waals surface area contributed by atoms with Crippen molar-refractivity contribution in [3.05, 3.63) is 89.0 Å². The third-order valence-electron chi connectivity index (χ3n) is 4.68. The standard InChI is InChI=1S/C12H10.C10H7N/c1-3-9-4-2-6-11-8-7-10(5-1)12(9)11;11-7-9-6-5-8-3-1-2-4-10(8)9/h1-6H,7-8H2;1-6,9H. The maximum absolute atomic E-state index is 8.71. The number of hydrogen-bond donors (Lipinski definition) is 0. The maximum atomic E-state index is 8.71. The Balaban J connectivity index is 0.000000118. The molecule has 1 unspecified atom stereocenters. The topological polar surface area (TPSA) is 23.8 Å². The van der Waals surface area contributed by atoms with Crippen molar-refractivity contribution in [1.82, 2.24) is 0 Å². The second-order valence-corrected chi connectivity index (χ2v) is 6.03. The monoisotopic (exact) mass is 295 g/mol.